The second-order valence-electron chi connectivity index (χ2n) is 7.09. The Morgan fingerprint density at radius 3 is 2.34 bits per heavy atom. The Labute approximate surface area is 171 Å². The summed E-state index contributed by atoms with van der Waals surface area (Å²) in [5.41, 5.74) is 1.73. The van der Waals surface area contributed by atoms with Gasteiger partial charge in [-0.2, -0.15) is 4.31 Å². The smallest absolute Gasteiger partial charge is 0.338 e. The first-order valence-electron chi connectivity index (χ1n) is 9.81. The van der Waals surface area contributed by atoms with Crippen LogP contribution in [0.15, 0.2) is 53.4 Å². The van der Waals surface area contributed by atoms with Crippen LogP contribution in [0.1, 0.15) is 52.5 Å². The zero-order chi connectivity index (χ0) is 20.9. The summed E-state index contributed by atoms with van der Waals surface area (Å²) >= 11 is 0. The monoisotopic (exact) mass is 415 g/mol. The first kappa shape index (κ1) is 21.2. The van der Waals surface area contributed by atoms with Gasteiger partial charge in [-0.25, -0.2) is 13.2 Å². The Morgan fingerprint density at radius 1 is 1.00 bits per heavy atom. The summed E-state index contributed by atoms with van der Waals surface area (Å²) in [6.45, 7) is 2.67. The van der Waals surface area contributed by atoms with Gasteiger partial charge in [0, 0.05) is 18.7 Å². The van der Waals surface area contributed by atoms with Crippen LogP contribution in [-0.4, -0.2) is 44.2 Å². The molecule has 1 saturated heterocycles. The number of ketones is 1. The van der Waals surface area contributed by atoms with Crippen molar-refractivity contribution in [2.75, 3.05) is 19.7 Å². The molecule has 7 heteroatoms. The molecule has 0 radical (unpaired) electrons. The topological polar surface area (TPSA) is 80.8 Å². The molecular formula is C22H25NO5S. The van der Waals surface area contributed by atoms with Crippen LogP contribution in [0.2, 0.25) is 0 Å². The fraction of sp³-hybridized carbons (Fsp3) is 0.364. The van der Waals surface area contributed by atoms with Crippen LogP contribution in [0, 0.1) is 0 Å². The van der Waals surface area contributed by atoms with Gasteiger partial charge in [0.25, 0.3) is 0 Å². The van der Waals surface area contributed by atoms with Crippen LogP contribution >= 0.6 is 0 Å². The van der Waals surface area contributed by atoms with Gasteiger partial charge < -0.3 is 4.74 Å². The number of ether oxygens (including phenoxy) is 1. The molecule has 2 aromatic carbocycles. The molecular weight excluding hydrogens is 390 g/mol. The summed E-state index contributed by atoms with van der Waals surface area (Å²) in [5.74, 6) is -1.03. The predicted octanol–water partition coefficient (Wildman–Crippen LogP) is 3.46. The van der Waals surface area contributed by atoms with E-state index in [1.54, 1.807) is 12.1 Å². The van der Waals surface area contributed by atoms with E-state index in [1.165, 1.54) is 28.6 Å². The van der Waals surface area contributed by atoms with Crippen LogP contribution in [-0.2, 0) is 21.2 Å². The lowest BCUT2D eigenvalue weighted by molar-refractivity contribution is 0.0474. The molecule has 1 aliphatic heterocycles. The van der Waals surface area contributed by atoms with E-state index in [-0.39, 0.29) is 16.2 Å². The maximum Gasteiger partial charge on any atom is 0.338 e. The number of rotatable bonds is 8. The lowest BCUT2D eigenvalue weighted by Gasteiger charge is -2.15. The highest BCUT2D eigenvalue weighted by molar-refractivity contribution is 7.89. The van der Waals surface area contributed by atoms with Gasteiger partial charge >= 0.3 is 5.97 Å². The lowest BCUT2D eigenvalue weighted by Crippen LogP contribution is -2.28. The third-order valence-corrected chi connectivity index (χ3v) is 6.82. The fourth-order valence-corrected chi connectivity index (χ4v) is 4.87. The second kappa shape index (κ2) is 9.33. The number of carbonyl (C=O) groups is 2. The summed E-state index contributed by atoms with van der Waals surface area (Å²) < 4.78 is 31.8. The first-order valence-corrected chi connectivity index (χ1v) is 11.3. The first-order chi connectivity index (χ1) is 13.9. The molecule has 0 spiro atoms. The third kappa shape index (κ3) is 5.10. The van der Waals surface area contributed by atoms with Crippen molar-refractivity contribution in [1.82, 2.24) is 4.31 Å². The van der Waals surface area contributed by atoms with E-state index in [9.17, 15) is 18.0 Å². The summed E-state index contributed by atoms with van der Waals surface area (Å²) in [4.78, 5) is 24.7. The number of esters is 1. The van der Waals surface area contributed by atoms with Gasteiger partial charge in [-0.1, -0.05) is 43.7 Å². The van der Waals surface area contributed by atoms with E-state index in [2.05, 4.69) is 6.92 Å². The number of hydrogen-bond acceptors (Lipinski definition) is 5. The normalized spacial score (nSPS) is 14.7. The zero-order valence-corrected chi connectivity index (χ0v) is 17.3. The van der Waals surface area contributed by atoms with Crippen molar-refractivity contribution in [3.05, 3.63) is 65.2 Å². The Hall–Kier alpha value is -2.51. The molecule has 154 valence electrons. The van der Waals surface area contributed by atoms with Gasteiger partial charge in [0.05, 0.1) is 10.5 Å². The average Bonchev–Trinajstić information content (AvgIpc) is 3.28. The molecule has 1 aliphatic rings. The van der Waals surface area contributed by atoms with Crippen molar-refractivity contribution < 1.29 is 22.7 Å². The maximum absolute atomic E-state index is 12.7. The van der Waals surface area contributed by atoms with Crippen LogP contribution in [0.25, 0.3) is 0 Å². The molecule has 0 aliphatic carbocycles. The Balaban J connectivity index is 1.64. The van der Waals surface area contributed by atoms with E-state index in [0.29, 0.717) is 18.7 Å². The number of benzene rings is 2. The number of nitrogens with zero attached hydrogens (tertiary/aromatic N) is 1. The average molecular weight is 416 g/mol. The van der Waals surface area contributed by atoms with Gasteiger partial charge in [0.15, 0.2) is 12.4 Å². The van der Waals surface area contributed by atoms with Gasteiger partial charge in [-0.3, -0.25) is 4.79 Å². The lowest BCUT2D eigenvalue weighted by atomic mass is 10.1. The van der Waals surface area contributed by atoms with Crippen molar-refractivity contribution in [2.45, 2.75) is 37.5 Å². The minimum absolute atomic E-state index is 0.0617. The van der Waals surface area contributed by atoms with E-state index in [4.69, 9.17) is 4.74 Å². The fourth-order valence-electron chi connectivity index (χ4n) is 3.30. The molecule has 29 heavy (non-hydrogen) atoms. The second-order valence-corrected chi connectivity index (χ2v) is 9.02. The summed E-state index contributed by atoms with van der Waals surface area (Å²) in [5, 5.41) is 0. The molecule has 0 aromatic heterocycles. The molecule has 0 amide bonds. The Kier molecular flexibility index (Phi) is 6.82. The molecule has 0 saturated carbocycles. The Bertz CT molecular complexity index is 977. The van der Waals surface area contributed by atoms with Gasteiger partial charge in [-0.05, 0) is 43.0 Å². The summed E-state index contributed by atoms with van der Waals surface area (Å²) in [6.07, 6.45) is 3.64. The van der Waals surface area contributed by atoms with E-state index >= 15 is 0 Å². The molecule has 0 bridgehead atoms. The van der Waals surface area contributed by atoms with Crippen LogP contribution in [0.3, 0.4) is 0 Å². The van der Waals surface area contributed by atoms with Crippen molar-refractivity contribution >= 4 is 21.8 Å². The number of carbonyl (C=O) groups excluding carboxylic acids is 2. The number of aryl methyl sites for hydroxylation is 1. The number of hydrogen-bond donors (Lipinski definition) is 0. The molecule has 0 unspecified atom stereocenters. The summed E-state index contributed by atoms with van der Waals surface area (Å²) in [7, 11) is -3.62. The molecule has 2 aromatic rings. The molecule has 1 fully saturated rings. The zero-order valence-electron chi connectivity index (χ0n) is 16.5. The van der Waals surface area contributed by atoms with Gasteiger partial charge in [-0.15, -0.1) is 0 Å². The summed E-state index contributed by atoms with van der Waals surface area (Å²) in [6, 6.07) is 13.0. The van der Waals surface area contributed by atoms with Crippen molar-refractivity contribution in [1.29, 1.82) is 0 Å². The van der Waals surface area contributed by atoms with Gasteiger partial charge in [0.2, 0.25) is 10.0 Å². The molecule has 1 heterocycles. The highest BCUT2D eigenvalue weighted by Crippen LogP contribution is 2.22. The quantitative estimate of drug-likeness (QED) is 0.487. The maximum atomic E-state index is 12.7. The highest BCUT2D eigenvalue weighted by Gasteiger charge is 2.27. The number of Topliss-reactive ketones (excluding diaryl/α,β-unsaturated/α-hetero) is 1. The van der Waals surface area contributed by atoms with Crippen LogP contribution in [0.5, 0.6) is 0 Å². The largest absolute Gasteiger partial charge is 0.454 e. The SMILES string of the molecule is CCCc1ccc(C(=O)COC(=O)c2cccc(S(=O)(=O)N3CCCC3)c2)cc1. The van der Waals surface area contributed by atoms with Crippen molar-refractivity contribution in [2.24, 2.45) is 0 Å². The van der Waals surface area contributed by atoms with Crippen LogP contribution < -0.4 is 0 Å². The van der Waals surface area contributed by atoms with Crippen LogP contribution in [0.4, 0.5) is 0 Å². The molecule has 0 atom stereocenters. The minimum Gasteiger partial charge on any atom is -0.454 e. The standard InChI is InChI=1S/C22H25NO5S/c1-2-6-17-9-11-18(12-10-17)21(24)16-28-22(25)19-7-5-8-20(15-19)29(26,27)23-13-3-4-14-23/h5,7-12,15H,2-4,6,13-14,16H2,1H3. The molecule has 3 rings (SSSR count). The van der Waals surface area contributed by atoms with Crippen molar-refractivity contribution in [3.8, 4) is 0 Å². The number of sulfonamides is 1. The predicted molar refractivity (Wildman–Crippen MR) is 109 cm³/mol. The minimum atomic E-state index is -3.62. The molecule has 0 N–H and O–H groups in total. The van der Waals surface area contributed by atoms with Crippen molar-refractivity contribution in [3.63, 3.8) is 0 Å². The third-order valence-electron chi connectivity index (χ3n) is 4.92. The van der Waals surface area contributed by atoms with E-state index < -0.39 is 22.6 Å². The van der Waals surface area contributed by atoms with Gasteiger partial charge in [0.1, 0.15) is 0 Å². The highest BCUT2D eigenvalue weighted by atomic mass is 32.2. The molecule has 6 nitrogen and oxygen atoms in total. The van der Waals surface area contributed by atoms with E-state index in [1.807, 2.05) is 12.1 Å². The Morgan fingerprint density at radius 2 is 1.69 bits per heavy atom. The van der Waals surface area contributed by atoms with E-state index in [0.717, 1.165) is 31.2 Å².